The van der Waals surface area contributed by atoms with Crippen LogP contribution in [0.25, 0.3) is 21.8 Å². The Labute approximate surface area is 136 Å². The molecule has 0 aliphatic rings. The highest BCUT2D eigenvalue weighted by Crippen LogP contribution is 2.36. The molecule has 1 unspecified atom stereocenters. The predicted molar refractivity (Wildman–Crippen MR) is 96.7 cm³/mol. The molecule has 3 heteroatoms. The van der Waals surface area contributed by atoms with E-state index in [1.807, 2.05) is 0 Å². The summed E-state index contributed by atoms with van der Waals surface area (Å²) >= 11 is 0. The van der Waals surface area contributed by atoms with E-state index >= 15 is 0 Å². The summed E-state index contributed by atoms with van der Waals surface area (Å²) in [5.41, 5.74) is 5.13. The maximum atomic E-state index is 3.41. The van der Waals surface area contributed by atoms with Crippen molar-refractivity contribution in [3.05, 3.63) is 72.1 Å². The first-order valence-corrected chi connectivity index (χ1v) is 7.93. The number of para-hydroxylation sites is 2. The number of aromatic nitrogens is 2. The molecule has 23 heavy (non-hydrogen) atoms. The molecule has 1 atom stereocenters. The van der Waals surface area contributed by atoms with Gasteiger partial charge in [-0.15, -0.1) is 0 Å². The Kier molecular flexibility index (Phi) is 3.24. The summed E-state index contributed by atoms with van der Waals surface area (Å²) in [6.45, 7) is 0. The van der Waals surface area contributed by atoms with Crippen LogP contribution in [0, 0.1) is 0 Å². The van der Waals surface area contributed by atoms with Gasteiger partial charge in [-0.2, -0.15) is 0 Å². The fourth-order valence-electron chi connectivity index (χ4n) is 3.63. The zero-order valence-electron chi connectivity index (χ0n) is 13.7. The molecule has 0 fully saturated rings. The molecule has 0 spiro atoms. The molecule has 0 aliphatic carbocycles. The van der Waals surface area contributed by atoms with Gasteiger partial charge in [-0.25, -0.2) is 0 Å². The summed E-state index contributed by atoms with van der Waals surface area (Å²) in [7, 11) is 6.41. The minimum Gasteiger partial charge on any atom is -0.361 e. The molecule has 2 heterocycles. The second-order valence-electron chi connectivity index (χ2n) is 6.37. The quantitative estimate of drug-likeness (QED) is 0.599. The number of nitrogens with zero attached hydrogens (tertiary/aromatic N) is 2. The molecule has 0 saturated carbocycles. The van der Waals surface area contributed by atoms with Crippen molar-refractivity contribution in [2.45, 2.75) is 6.04 Å². The Morgan fingerprint density at radius 1 is 0.913 bits per heavy atom. The molecular formula is C20H21N3. The largest absolute Gasteiger partial charge is 0.361 e. The third-order valence-corrected chi connectivity index (χ3v) is 4.65. The summed E-state index contributed by atoms with van der Waals surface area (Å²) in [5, 5.41) is 2.61. The van der Waals surface area contributed by atoms with Crippen molar-refractivity contribution in [1.29, 1.82) is 0 Å². The van der Waals surface area contributed by atoms with Crippen molar-refractivity contribution in [3.8, 4) is 0 Å². The van der Waals surface area contributed by atoms with E-state index in [1.54, 1.807) is 0 Å². The molecule has 1 N–H and O–H groups in total. The van der Waals surface area contributed by atoms with Crippen molar-refractivity contribution in [3.63, 3.8) is 0 Å². The maximum Gasteiger partial charge on any atom is 0.0639 e. The number of H-pyrrole nitrogens is 1. The van der Waals surface area contributed by atoms with Gasteiger partial charge in [0, 0.05) is 41.2 Å². The number of hydrogen-bond acceptors (Lipinski definition) is 1. The van der Waals surface area contributed by atoms with Gasteiger partial charge in [0.05, 0.1) is 6.04 Å². The van der Waals surface area contributed by atoms with Crippen LogP contribution in [0.1, 0.15) is 17.2 Å². The molecule has 0 bridgehead atoms. The zero-order valence-corrected chi connectivity index (χ0v) is 13.7. The van der Waals surface area contributed by atoms with Crippen LogP contribution >= 0.6 is 0 Å². The number of aryl methyl sites for hydroxylation is 1. The van der Waals surface area contributed by atoms with Crippen LogP contribution in [-0.2, 0) is 7.05 Å². The highest BCUT2D eigenvalue weighted by molar-refractivity contribution is 5.88. The normalized spacial score (nSPS) is 13.2. The third-order valence-electron chi connectivity index (χ3n) is 4.65. The topological polar surface area (TPSA) is 24.0 Å². The second kappa shape index (κ2) is 5.28. The van der Waals surface area contributed by atoms with Gasteiger partial charge in [0.25, 0.3) is 0 Å². The van der Waals surface area contributed by atoms with Crippen LogP contribution < -0.4 is 0 Å². The smallest absolute Gasteiger partial charge is 0.0639 e. The molecule has 4 aromatic rings. The van der Waals surface area contributed by atoms with Crippen LogP contribution in [0.3, 0.4) is 0 Å². The number of aromatic amines is 1. The first kappa shape index (κ1) is 14.1. The maximum absolute atomic E-state index is 3.41. The molecule has 0 amide bonds. The number of nitrogens with one attached hydrogen (secondary N) is 1. The Hall–Kier alpha value is -2.52. The van der Waals surface area contributed by atoms with Crippen molar-refractivity contribution >= 4 is 21.8 Å². The monoisotopic (exact) mass is 303 g/mol. The summed E-state index contributed by atoms with van der Waals surface area (Å²) < 4.78 is 2.22. The zero-order chi connectivity index (χ0) is 16.0. The van der Waals surface area contributed by atoms with E-state index < -0.39 is 0 Å². The van der Waals surface area contributed by atoms with Crippen LogP contribution in [-0.4, -0.2) is 28.5 Å². The Morgan fingerprint density at radius 2 is 1.61 bits per heavy atom. The first-order chi connectivity index (χ1) is 11.2. The molecule has 2 aromatic heterocycles. The highest BCUT2D eigenvalue weighted by atomic mass is 15.1. The van der Waals surface area contributed by atoms with Crippen molar-refractivity contribution in [2.24, 2.45) is 7.05 Å². The number of hydrogen-bond donors (Lipinski definition) is 1. The lowest BCUT2D eigenvalue weighted by Gasteiger charge is -2.24. The van der Waals surface area contributed by atoms with E-state index in [9.17, 15) is 0 Å². The lowest BCUT2D eigenvalue weighted by Crippen LogP contribution is -2.20. The predicted octanol–water partition coefficient (Wildman–Crippen LogP) is 4.31. The van der Waals surface area contributed by atoms with E-state index in [0.29, 0.717) is 0 Å². The van der Waals surface area contributed by atoms with E-state index in [1.165, 1.54) is 32.9 Å². The van der Waals surface area contributed by atoms with Gasteiger partial charge in [-0.1, -0.05) is 36.4 Å². The minimum atomic E-state index is 0.220. The lowest BCUT2D eigenvalue weighted by atomic mass is 9.97. The van der Waals surface area contributed by atoms with E-state index in [-0.39, 0.29) is 6.04 Å². The Balaban J connectivity index is 1.98. The SMILES string of the molecule is CN(C)C(c1c[nH]c2ccccc12)c1cn(C)c2ccccc12. The van der Waals surface area contributed by atoms with Gasteiger partial charge in [0.15, 0.2) is 0 Å². The average Bonchev–Trinajstić information content (AvgIpc) is 3.11. The van der Waals surface area contributed by atoms with Gasteiger partial charge < -0.3 is 9.55 Å². The Bertz CT molecular complexity index is 975. The summed E-state index contributed by atoms with van der Waals surface area (Å²) in [6, 6.07) is 17.3. The minimum absolute atomic E-state index is 0.220. The molecule has 2 aromatic carbocycles. The second-order valence-corrected chi connectivity index (χ2v) is 6.37. The number of fused-ring (bicyclic) bond motifs is 2. The molecule has 0 saturated heterocycles. The fraction of sp³-hybridized carbons (Fsp3) is 0.200. The molecule has 0 radical (unpaired) electrons. The van der Waals surface area contributed by atoms with Gasteiger partial charge in [-0.3, -0.25) is 4.90 Å². The van der Waals surface area contributed by atoms with Gasteiger partial charge in [0.2, 0.25) is 0 Å². The van der Waals surface area contributed by atoms with E-state index in [4.69, 9.17) is 0 Å². The van der Waals surface area contributed by atoms with Gasteiger partial charge in [0.1, 0.15) is 0 Å². The summed E-state index contributed by atoms with van der Waals surface area (Å²) in [6.07, 6.45) is 4.41. The summed E-state index contributed by atoms with van der Waals surface area (Å²) in [4.78, 5) is 5.70. The first-order valence-electron chi connectivity index (χ1n) is 7.93. The Morgan fingerprint density at radius 3 is 2.39 bits per heavy atom. The van der Waals surface area contributed by atoms with Crippen LogP contribution in [0.5, 0.6) is 0 Å². The third kappa shape index (κ3) is 2.16. The molecule has 0 aliphatic heterocycles. The standard InChI is InChI=1S/C20H21N3/c1-22(2)20(16-12-21-18-10-6-4-8-14(16)18)17-13-23(3)19-11-7-5-9-15(17)19/h4-13,20-21H,1-3H3. The number of benzene rings is 2. The van der Waals surface area contributed by atoms with Crippen molar-refractivity contribution in [2.75, 3.05) is 14.1 Å². The van der Waals surface area contributed by atoms with Crippen LogP contribution in [0.4, 0.5) is 0 Å². The van der Waals surface area contributed by atoms with E-state index in [2.05, 4.69) is 96.5 Å². The van der Waals surface area contributed by atoms with Gasteiger partial charge >= 0.3 is 0 Å². The fourth-order valence-corrected chi connectivity index (χ4v) is 3.63. The van der Waals surface area contributed by atoms with Crippen molar-refractivity contribution in [1.82, 2.24) is 14.5 Å². The average molecular weight is 303 g/mol. The van der Waals surface area contributed by atoms with Crippen molar-refractivity contribution < 1.29 is 0 Å². The molecule has 116 valence electrons. The van der Waals surface area contributed by atoms with Crippen LogP contribution in [0.15, 0.2) is 60.9 Å². The van der Waals surface area contributed by atoms with Gasteiger partial charge in [-0.05, 0) is 37.4 Å². The van der Waals surface area contributed by atoms with E-state index in [0.717, 1.165) is 0 Å². The molecule has 4 rings (SSSR count). The molecular weight excluding hydrogens is 282 g/mol. The number of rotatable bonds is 3. The lowest BCUT2D eigenvalue weighted by molar-refractivity contribution is 0.345. The summed E-state index contributed by atoms with van der Waals surface area (Å²) in [5.74, 6) is 0. The van der Waals surface area contributed by atoms with Crippen LogP contribution in [0.2, 0.25) is 0 Å². The highest BCUT2D eigenvalue weighted by Gasteiger charge is 2.23. The molecule has 3 nitrogen and oxygen atoms in total.